The topological polar surface area (TPSA) is 75.8 Å². The van der Waals surface area contributed by atoms with Crippen molar-refractivity contribution in [3.05, 3.63) is 42.1 Å². The van der Waals surface area contributed by atoms with Crippen LogP contribution in [0.4, 0.5) is 0 Å². The zero-order chi connectivity index (χ0) is 13.5. The Balaban J connectivity index is 2.01. The number of rotatable bonds is 6. The minimum atomic E-state index is 0.332. The van der Waals surface area contributed by atoms with Gasteiger partial charge in [0.05, 0.1) is 6.61 Å². The molecule has 0 fully saturated rings. The molecule has 0 saturated carbocycles. The van der Waals surface area contributed by atoms with Gasteiger partial charge in [-0.2, -0.15) is 5.26 Å². The van der Waals surface area contributed by atoms with Crippen LogP contribution in [0.3, 0.4) is 0 Å². The fourth-order valence-corrected chi connectivity index (χ4v) is 1.64. The van der Waals surface area contributed by atoms with E-state index in [1.807, 2.05) is 18.2 Å². The van der Waals surface area contributed by atoms with E-state index in [-0.39, 0.29) is 0 Å². The molecule has 0 atom stereocenters. The number of nitrogens with one attached hydrogen (secondary N) is 1. The third kappa shape index (κ3) is 3.37. The number of methoxy groups -OCH3 is 1. The molecule has 0 saturated heterocycles. The van der Waals surface area contributed by atoms with Crippen LogP contribution < -0.4 is 5.32 Å². The maximum absolute atomic E-state index is 8.91. The predicted octanol–water partition coefficient (Wildman–Crippen LogP) is 0.875. The van der Waals surface area contributed by atoms with Gasteiger partial charge >= 0.3 is 0 Å². The highest BCUT2D eigenvalue weighted by atomic mass is 16.5. The van der Waals surface area contributed by atoms with Gasteiger partial charge in [-0.1, -0.05) is 6.07 Å². The number of aromatic nitrogens is 3. The molecule has 2 rings (SSSR count). The molecule has 2 aromatic rings. The van der Waals surface area contributed by atoms with Crippen LogP contribution in [0.1, 0.15) is 11.4 Å². The summed E-state index contributed by atoms with van der Waals surface area (Å²) in [4.78, 5) is 8.27. The van der Waals surface area contributed by atoms with Crippen LogP contribution in [0.5, 0.6) is 0 Å². The monoisotopic (exact) mass is 257 g/mol. The summed E-state index contributed by atoms with van der Waals surface area (Å²) in [6.45, 7) is 2.23. The van der Waals surface area contributed by atoms with Gasteiger partial charge in [0.15, 0.2) is 0 Å². The number of nitrogens with zero attached hydrogens (tertiary/aromatic N) is 4. The summed E-state index contributed by atoms with van der Waals surface area (Å²) in [5, 5.41) is 12.1. The van der Waals surface area contributed by atoms with E-state index in [0.717, 1.165) is 18.7 Å². The average molecular weight is 257 g/mol. The first-order valence-electron chi connectivity index (χ1n) is 5.93. The average Bonchev–Trinajstić information content (AvgIpc) is 2.93. The highest BCUT2D eigenvalue weighted by Crippen LogP contribution is 2.08. The summed E-state index contributed by atoms with van der Waals surface area (Å²) < 4.78 is 6.61. The molecule has 2 heterocycles. The minimum Gasteiger partial charge on any atom is -0.383 e. The highest BCUT2D eigenvalue weighted by molar-refractivity contribution is 5.30. The Morgan fingerprint density at radius 2 is 2.32 bits per heavy atom. The maximum atomic E-state index is 8.91. The van der Waals surface area contributed by atoms with E-state index < -0.39 is 0 Å². The summed E-state index contributed by atoms with van der Waals surface area (Å²) >= 11 is 0. The summed E-state index contributed by atoms with van der Waals surface area (Å²) in [7, 11) is 1.68. The Kier molecular flexibility index (Phi) is 4.61. The zero-order valence-corrected chi connectivity index (χ0v) is 10.7. The number of ether oxygens (including phenoxy) is 1. The Morgan fingerprint density at radius 3 is 3.00 bits per heavy atom. The fourth-order valence-electron chi connectivity index (χ4n) is 1.64. The molecular weight excluding hydrogens is 242 g/mol. The minimum absolute atomic E-state index is 0.332. The third-order valence-corrected chi connectivity index (χ3v) is 2.61. The lowest BCUT2D eigenvalue weighted by Crippen LogP contribution is -2.18. The van der Waals surface area contributed by atoms with Gasteiger partial charge in [-0.15, -0.1) is 0 Å². The van der Waals surface area contributed by atoms with Gasteiger partial charge in [-0.3, -0.25) is 4.57 Å². The molecule has 0 aliphatic carbocycles. The largest absolute Gasteiger partial charge is 0.383 e. The molecule has 0 aliphatic heterocycles. The predicted molar refractivity (Wildman–Crippen MR) is 69.7 cm³/mol. The second-order valence-corrected chi connectivity index (χ2v) is 3.93. The maximum Gasteiger partial charge on any atom is 0.218 e. The van der Waals surface area contributed by atoms with Gasteiger partial charge in [0.2, 0.25) is 5.82 Å². The molecule has 6 heteroatoms. The Hall–Kier alpha value is -2.23. The highest BCUT2D eigenvalue weighted by Gasteiger charge is 2.04. The van der Waals surface area contributed by atoms with E-state index in [9.17, 15) is 0 Å². The van der Waals surface area contributed by atoms with Gasteiger partial charge in [0, 0.05) is 38.8 Å². The standard InChI is InChI=1S/C13H15N5O/c1-19-7-5-15-9-11-2-3-12(17-10-11)18-6-4-16-13(18)8-14/h2-4,6,10,15H,5,7,9H2,1H3. The SMILES string of the molecule is COCCNCc1ccc(-n2ccnc2C#N)nc1. The molecule has 2 aromatic heterocycles. The molecule has 0 amide bonds. The third-order valence-electron chi connectivity index (χ3n) is 2.61. The van der Waals surface area contributed by atoms with Crippen molar-refractivity contribution in [2.45, 2.75) is 6.54 Å². The van der Waals surface area contributed by atoms with Gasteiger partial charge in [0.25, 0.3) is 0 Å². The van der Waals surface area contributed by atoms with E-state index >= 15 is 0 Å². The van der Waals surface area contributed by atoms with E-state index in [4.69, 9.17) is 10.00 Å². The van der Waals surface area contributed by atoms with Crippen LogP contribution in [0, 0.1) is 11.3 Å². The molecule has 0 aromatic carbocycles. The molecule has 0 radical (unpaired) electrons. The summed E-state index contributed by atoms with van der Waals surface area (Å²) in [5.74, 6) is 1.02. The Morgan fingerprint density at radius 1 is 1.42 bits per heavy atom. The lowest BCUT2D eigenvalue weighted by molar-refractivity contribution is 0.199. The summed E-state index contributed by atoms with van der Waals surface area (Å²) in [6.07, 6.45) is 5.09. The van der Waals surface area contributed by atoms with Crippen LogP contribution in [0.15, 0.2) is 30.7 Å². The van der Waals surface area contributed by atoms with E-state index in [0.29, 0.717) is 18.2 Å². The smallest absolute Gasteiger partial charge is 0.218 e. The number of hydrogen-bond donors (Lipinski definition) is 1. The Labute approximate surface area is 111 Å². The number of pyridine rings is 1. The van der Waals surface area contributed by atoms with Crippen molar-refractivity contribution in [2.75, 3.05) is 20.3 Å². The van der Waals surface area contributed by atoms with Crippen molar-refractivity contribution in [1.82, 2.24) is 19.9 Å². The van der Waals surface area contributed by atoms with E-state index in [1.54, 1.807) is 30.3 Å². The van der Waals surface area contributed by atoms with Crippen molar-refractivity contribution < 1.29 is 4.74 Å². The van der Waals surface area contributed by atoms with Crippen molar-refractivity contribution in [2.24, 2.45) is 0 Å². The lowest BCUT2D eigenvalue weighted by Gasteiger charge is -2.06. The first-order valence-corrected chi connectivity index (χ1v) is 5.93. The van der Waals surface area contributed by atoms with Crippen molar-refractivity contribution in [3.8, 4) is 11.9 Å². The molecule has 0 bridgehead atoms. The van der Waals surface area contributed by atoms with Crippen LogP contribution in [-0.4, -0.2) is 34.8 Å². The number of nitriles is 1. The van der Waals surface area contributed by atoms with Crippen molar-refractivity contribution in [1.29, 1.82) is 5.26 Å². The molecule has 98 valence electrons. The Bertz CT molecular complexity index is 555. The van der Waals surface area contributed by atoms with Crippen LogP contribution >= 0.6 is 0 Å². The van der Waals surface area contributed by atoms with E-state index in [1.165, 1.54) is 0 Å². The quantitative estimate of drug-likeness (QED) is 0.777. The first kappa shape index (κ1) is 13.2. The van der Waals surface area contributed by atoms with Crippen molar-refractivity contribution >= 4 is 0 Å². The lowest BCUT2D eigenvalue weighted by atomic mass is 10.3. The zero-order valence-electron chi connectivity index (χ0n) is 10.7. The first-order chi connectivity index (χ1) is 9.35. The molecule has 1 N–H and O–H groups in total. The molecule has 0 unspecified atom stereocenters. The second kappa shape index (κ2) is 6.64. The molecule has 0 aliphatic rings. The van der Waals surface area contributed by atoms with Gasteiger partial charge < -0.3 is 10.1 Å². The molecule has 6 nitrogen and oxygen atoms in total. The van der Waals surface area contributed by atoms with Crippen LogP contribution in [-0.2, 0) is 11.3 Å². The number of hydrogen-bond acceptors (Lipinski definition) is 5. The molecular formula is C13H15N5O. The van der Waals surface area contributed by atoms with E-state index in [2.05, 4.69) is 15.3 Å². The normalized spacial score (nSPS) is 10.3. The molecule has 19 heavy (non-hydrogen) atoms. The van der Waals surface area contributed by atoms with Gasteiger partial charge in [-0.05, 0) is 11.6 Å². The van der Waals surface area contributed by atoms with Gasteiger partial charge in [-0.25, -0.2) is 9.97 Å². The van der Waals surface area contributed by atoms with Crippen LogP contribution in [0.25, 0.3) is 5.82 Å². The van der Waals surface area contributed by atoms with Gasteiger partial charge in [0.1, 0.15) is 11.9 Å². The summed E-state index contributed by atoms with van der Waals surface area (Å²) in [5.41, 5.74) is 1.08. The van der Waals surface area contributed by atoms with Crippen LogP contribution in [0.2, 0.25) is 0 Å². The summed E-state index contributed by atoms with van der Waals surface area (Å²) in [6, 6.07) is 5.87. The molecule has 0 spiro atoms. The fraction of sp³-hybridized carbons (Fsp3) is 0.308. The number of imidazole rings is 1. The van der Waals surface area contributed by atoms with Crippen molar-refractivity contribution in [3.63, 3.8) is 0 Å². The second-order valence-electron chi connectivity index (χ2n) is 3.93.